The van der Waals surface area contributed by atoms with Crippen LogP contribution in [0.1, 0.15) is 63.0 Å². The van der Waals surface area contributed by atoms with Gasteiger partial charge in [0, 0.05) is 56.3 Å². The van der Waals surface area contributed by atoms with Gasteiger partial charge in [-0.25, -0.2) is 4.39 Å². The van der Waals surface area contributed by atoms with Gasteiger partial charge < -0.3 is 19.9 Å². The van der Waals surface area contributed by atoms with Gasteiger partial charge in [0.05, 0.1) is 41.6 Å². The molecule has 0 aromatic carbocycles. The van der Waals surface area contributed by atoms with Crippen molar-refractivity contribution in [3.8, 4) is 0 Å². The standard InChI is InChI=1S/C30H41FN6O3/c31-22-15-20-26-29(27(22)36-13-7-19(17-36)23-16-32-8-9-33-23)40-25-6-2-1-5-24(25)37(26)18-21(28(20)38)30(39)34-10-14-35-11-3-4-12-35/h8-9,16,18-20,22,24-27,29H,1-7,10-15,17H2,(H,34,39). The summed E-state index contributed by atoms with van der Waals surface area (Å²) in [6, 6.07) is -0.522. The topological polar surface area (TPSA) is 90.9 Å². The first-order chi connectivity index (χ1) is 19.6. The maximum absolute atomic E-state index is 16.2. The van der Waals surface area contributed by atoms with Gasteiger partial charge in [0.25, 0.3) is 5.91 Å². The molecule has 4 aliphatic heterocycles. The Morgan fingerprint density at radius 2 is 1.93 bits per heavy atom. The number of hydrogen-bond acceptors (Lipinski definition) is 8. The minimum Gasteiger partial charge on any atom is -0.369 e. The van der Waals surface area contributed by atoms with Crippen molar-refractivity contribution >= 4 is 11.7 Å². The number of nitrogens with one attached hydrogen (secondary N) is 1. The van der Waals surface area contributed by atoms with E-state index in [2.05, 4.69) is 30.0 Å². The molecule has 40 heavy (non-hydrogen) atoms. The molecule has 0 spiro atoms. The second-order valence-corrected chi connectivity index (χ2v) is 12.6. The smallest absolute Gasteiger partial charge is 0.256 e. The van der Waals surface area contributed by atoms with Crippen LogP contribution in [-0.2, 0) is 14.3 Å². The van der Waals surface area contributed by atoms with Crippen LogP contribution in [-0.4, -0.2) is 112 Å². The van der Waals surface area contributed by atoms with Gasteiger partial charge in [-0.3, -0.25) is 24.5 Å². The van der Waals surface area contributed by atoms with Gasteiger partial charge >= 0.3 is 0 Å². The highest BCUT2D eigenvalue weighted by Crippen LogP contribution is 2.47. The molecule has 8 unspecified atom stereocenters. The number of fused-ring (bicyclic) bond motifs is 2. The average molecular weight is 553 g/mol. The summed E-state index contributed by atoms with van der Waals surface area (Å²) in [7, 11) is 0. The third-order valence-electron chi connectivity index (χ3n) is 10.3. The molecule has 10 heteroatoms. The number of likely N-dealkylation sites (tertiary alicyclic amines) is 2. The quantitative estimate of drug-likeness (QED) is 0.537. The molecule has 216 valence electrons. The molecule has 1 aromatic heterocycles. The monoisotopic (exact) mass is 552 g/mol. The summed E-state index contributed by atoms with van der Waals surface area (Å²) in [5, 5.41) is 3.00. The Labute approximate surface area is 235 Å². The number of nitrogens with zero attached hydrogens (tertiary/aromatic N) is 5. The Hall–Kier alpha value is -2.43. The molecule has 7 rings (SSSR count). The van der Waals surface area contributed by atoms with E-state index in [0.29, 0.717) is 13.1 Å². The van der Waals surface area contributed by atoms with Crippen LogP contribution in [0.4, 0.5) is 4.39 Å². The number of halogens is 1. The fourth-order valence-electron chi connectivity index (χ4n) is 8.41. The van der Waals surface area contributed by atoms with Crippen molar-refractivity contribution in [2.75, 3.05) is 39.3 Å². The lowest BCUT2D eigenvalue weighted by Crippen LogP contribution is -2.73. The van der Waals surface area contributed by atoms with E-state index in [-0.39, 0.29) is 47.8 Å². The summed E-state index contributed by atoms with van der Waals surface area (Å²) in [5.41, 5.74) is 1.14. The Kier molecular flexibility index (Phi) is 7.34. The number of Topliss-reactive ketones (excluding diaryl/α,β-unsaturated/α-hetero) is 1. The van der Waals surface area contributed by atoms with Crippen molar-refractivity contribution in [1.29, 1.82) is 0 Å². The number of ketones is 1. The summed E-state index contributed by atoms with van der Waals surface area (Å²) in [4.78, 5) is 42.7. The van der Waals surface area contributed by atoms with E-state index >= 15 is 4.39 Å². The zero-order valence-electron chi connectivity index (χ0n) is 23.2. The number of morpholine rings is 1. The summed E-state index contributed by atoms with van der Waals surface area (Å²) in [6.45, 7) is 4.92. The molecule has 1 amide bonds. The van der Waals surface area contributed by atoms with Gasteiger partial charge in [0.2, 0.25) is 0 Å². The second kappa shape index (κ2) is 11.1. The number of amides is 1. The van der Waals surface area contributed by atoms with Crippen LogP contribution in [0.3, 0.4) is 0 Å². The van der Waals surface area contributed by atoms with Crippen LogP contribution in [0.2, 0.25) is 0 Å². The Balaban J connectivity index is 1.13. The van der Waals surface area contributed by atoms with E-state index in [1.54, 1.807) is 12.4 Å². The van der Waals surface area contributed by atoms with E-state index in [4.69, 9.17) is 4.74 Å². The first-order valence-electron chi connectivity index (χ1n) is 15.4. The van der Waals surface area contributed by atoms with Crippen molar-refractivity contribution in [2.45, 2.75) is 93.8 Å². The number of carbonyl (C=O) groups is 2. The fourth-order valence-corrected chi connectivity index (χ4v) is 8.41. The van der Waals surface area contributed by atoms with Gasteiger partial charge in [0.15, 0.2) is 5.78 Å². The van der Waals surface area contributed by atoms with Crippen LogP contribution >= 0.6 is 0 Å². The SMILES string of the molecule is O=C(NCCN1CCCC1)C1=CN2C3CCCCC3OC3C(N4CCC(c5cnccn5)C4)C(F)CC(C1=O)C32. The summed E-state index contributed by atoms with van der Waals surface area (Å²) in [5.74, 6) is -0.893. The normalized spacial score (nSPS) is 38.1. The predicted molar refractivity (Wildman–Crippen MR) is 146 cm³/mol. The van der Waals surface area contributed by atoms with Crippen LogP contribution in [0.25, 0.3) is 0 Å². The van der Waals surface area contributed by atoms with Crippen LogP contribution < -0.4 is 5.32 Å². The molecular weight excluding hydrogens is 511 g/mol. The number of carbonyl (C=O) groups excluding carboxylic acids is 2. The molecule has 8 atom stereocenters. The van der Waals surface area contributed by atoms with Crippen molar-refractivity contribution in [1.82, 2.24) is 30.0 Å². The first kappa shape index (κ1) is 26.5. The molecule has 9 nitrogen and oxygen atoms in total. The minimum absolute atomic E-state index is 0.00855. The molecule has 1 N–H and O–H groups in total. The van der Waals surface area contributed by atoms with E-state index < -0.39 is 24.2 Å². The lowest BCUT2D eigenvalue weighted by atomic mass is 9.69. The van der Waals surface area contributed by atoms with Crippen LogP contribution in [0.15, 0.2) is 30.4 Å². The highest BCUT2D eigenvalue weighted by atomic mass is 19.1. The molecule has 3 saturated heterocycles. The Morgan fingerprint density at radius 3 is 2.75 bits per heavy atom. The highest BCUT2D eigenvalue weighted by molar-refractivity contribution is 6.20. The molecular formula is C30H41FN6O3. The average Bonchev–Trinajstić information content (AvgIpc) is 3.68. The number of rotatable bonds is 6. The molecule has 2 saturated carbocycles. The maximum Gasteiger partial charge on any atom is 0.256 e. The lowest BCUT2D eigenvalue weighted by molar-refractivity contribution is -0.209. The molecule has 2 aliphatic carbocycles. The van der Waals surface area contributed by atoms with Gasteiger partial charge in [0.1, 0.15) is 6.17 Å². The van der Waals surface area contributed by atoms with E-state index in [1.165, 1.54) is 12.8 Å². The molecule has 1 aromatic rings. The van der Waals surface area contributed by atoms with Crippen molar-refractivity contribution < 1.29 is 18.7 Å². The largest absolute Gasteiger partial charge is 0.369 e. The summed E-state index contributed by atoms with van der Waals surface area (Å²) >= 11 is 0. The van der Waals surface area contributed by atoms with Gasteiger partial charge in [-0.2, -0.15) is 0 Å². The van der Waals surface area contributed by atoms with Crippen LogP contribution in [0.5, 0.6) is 0 Å². The van der Waals surface area contributed by atoms with Crippen molar-refractivity contribution in [2.24, 2.45) is 5.92 Å². The van der Waals surface area contributed by atoms with Gasteiger partial charge in [-0.15, -0.1) is 0 Å². The fraction of sp³-hybridized carbons (Fsp3) is 0.733. The third-order valence-corrected chi connectivity index (χ3v) is 10.3. The second-order valence-electron chi connectivity index (χ2n) is 12.6. The molecule has 5 fully saturated rings. The van der Waals surface area contributed by atoms with Gasteiger partial charge in [-0.1, -0.05) is 12.8 Å². The Morgan fingerprint density at radius 1 is 1.07 bits per heavy atom. The summed E-state index contributed by atoms with van der Waals surface area (Å²) < 4.78 is 23.0. The number of ether oxygens (including phenoxy) is 1. The van der Waals surface area contributed by atoms with Crippen LogP contribution in [0, 0.1) is 5.92 Å². The number of aromatic nitrogens is 2. The zero-order valence-corrected chi connectivity index (χ0v) is 23.2. The van der Waals surface area contributed by atoms with E-state index in [9.17, 15) is 9.59 Å². The maximum atomic E-state index is 16.2. The third kappa shape index (κ3) is 4.75. The van der Waals surface area contributed by atoms with Crippen molar-refractivity contribution in [3.05, 3.63) is 36.1 Å². The molecule has 5 heterocycles. The Bertz CT molecular complexity index is 1130. The highest BCUT2D eigenvalue weighted by Gasteiger charge is 2.59. The van der Waals surface area contributed by atoms with Crippen molar-refractivity contribution in [3.63, 3.8) is 0 Å². The lowest BCUT2D eigenvalue weighted by Gasteiger charge is -2.60. The predicted octanol–water partition coefficient (Wildman–Crippen LogP) is 2.05. The number of alkyl halides is 1. The molecule has 6 aliphatic rings. The molecule has 0 bridgehead atoms. The number of hydrogen-bond donors (Lipinski definition) is 1. The van der Waals surface area contributed by atoms with E-state index in [0.717, 1.165) is 64.0 Å². The van der Waals surface area contributed by atoms with E-state index in [1.807, 2.05) is 12.4 Å². The minimum atomic E-state index is -1.20. The summed E-state index contributed by atoms with van der Waals surface area (Å²) in [6.07, 6.45) is 12.9. The van der Waals surface area contributed by atoms with Gasteiger partial charge in [-0.05, 0) is 58.2 Å². The zero-order chi connectivity index (χ0) is 27.2. The first-order valence-corrected chi connectivity index (χ1v) is 15.4. The molecule has 0 radical (unpaired) electrons.